The van der Waals surface area contributed by atoms with Crippen LogP contribution in [0, 0.1) is 5.41 Å². The van der Waals surface area contributed by atoms with Gasteiger partial charge in [-0.1, -0.05) is 42.5 Å². The first-order valence-electron chi connectivity index (χ1n) is 11.5. The van der Waals surface area contributed by atoms with Gasteiger partial charge >= 0.3 is 6.03 Å². The van der Waals surface area contributed by atoms with Crippen LogP contribution in [0.1, 0.15) is 36.8 Å². The molecule has 2 aromatic rings. The Kier molecular flexibility index (Phi) is 6.81. The summed E-state index contributed by atoms with van der Waals surface area (Å²) < 4.78 is 5.31. The van der Waals surface area contributed by atoms with Crippen LogP contribution in [0.5, 0.6) is 5.75 Å². The summed E-state index contributed by atoms with van der Waals surface area (Å²) in [5.74, 6) is 0.910. The van der Waals surface area contributed by atoms with Gasteiger partial charge < -0.3 is 20.3 Å². The zero-order chi connectivity index (χ0) is 21.7. The number of likely N-dealkylation sites (tertiary alicyclic amines) is 1. The molecule has 0 bridgehead atoms. The van der Waals surface area contributed by atoms with Gasteiger partial charge in [0.1, 0.15) is 5.75 Å². The molecule has 3 atom stereocenters. The van der Waals surface area contributed by atoms with Crippen molar-refractivity contribution in [1.29, 1.82) is 0 Å². The smallest absolute Gasteiger partial charge is 0.315 e. The van der Waals surface area contributed by atoms with Crippen LogP contribution in [0.15, 0.2) is 54.6 Å². The van der Waals surface area contributed by atoms with Gasteiger partial charge in [0.05, 0.1) is 7.11 Å². The van der Waals surface area contributed by atoms with E-state index < -0.39 is 0 Å². The molecule has 5 heteroatoms. The van der Waals surface area contributed by atoms with Crippen molar-refractivity contribution in [2.24, 2.45) is 5.41 Å². The summed E-state index contributed by atoms with van der Waals surface area (Å²) in [6.45, 7) is 1.80. The van der Waals surface area contributed by atoms with Crippen molar-refractivity contribution in [1.82, 2.24) is 15.5 Å². The highest BCUT2D eigenvalue weighted by atomic mass is 16.5. The lowest BCUT2D eigenvalue weighted by Gasteiger charge is -2.44. The molecule has 0 spiro atoms. The van der Waals surface area contributed by atoms with Crippen molar-refractivity contribution >= 4 is 6.03 Å². The van der Waals surface area contributed by atoms with E-state index in [1.54, 1.807) is 7.11 Å². The van der Waals surface area contributed by atoms with Crippen molar-refractivity contribution < 1.29 is 9.53 Å². The first-order chi connectivity index (χ1) is 15.1. The van der Waals surface area contributed by atoms with E-state index in [9.17, 15) is 4.79 Å². The van der Waals surface area contributed by atoms with Crippen molar-refractivity contribution in [2.45, 2.75) is 50.6 Å². The average Bonchev–Trinajstić information content (AvgIpc) is 3.11. The van der Waals surface area contributed by atoms with E-state index in [4.69, 9.17) is 4.74 Å². The Bertz CT molecular complexity index is 855. The molecule has 5 nitrogen and oxygen atoms in total. The van der Waals surface area contributed by atoms with Crippen LogP contribution < -0.4 is 15.4 Å². The number of amides is 2. The van der Waals surface area contributed by atoms with Gasteiger partial charge in [-0.15, -0.1) is 0 Å². The monoisotopic (exact) mass is 421 g/mol. The van der Waals surface area contributed by atoms with E-state index in [0.29, 0.717) is 18.0 Å². The maximum atomic E-state index is 12.5. The molecule has 1 aliphatic heterocycles. The zero-order valence-corrected chi connectivity index (χ0v) is 18.8. The number of fused-ring (bicyclic) bond motifs is 1. The highest BCUT2D eigenvalue weighted by molar-refractivity contribution is 5.74. The quantitative estimate of drug-likeness (QED) is 0.710. The molecule has 0 unspecified atom stereocenters. The molecule has 31 heavy (non-hydrogen) atoms. The van der Waals surface area contributed by atoms with E-state index in [1.165, 1.54) is 17.5 Å². The predicted octanol–water partition coefficient (Wildman–Crippen LogP) is 4.02. The number of benzene rings is 2. The molecule has 2 amide bonds. The van der Waals surface area contributed by atoms with Gasteiger partial charge in [0.25, 0.3) is 0 Å². The minimum atomic E-state index is -0.0377. The SMILES string of the molecule is COc1ccc(C[C@@]23CC[C@H](NC(=O)NCCc4ccccc4)C[C@@H]2N(C)CC3)cc1. The number of rotatable bonds is 7. The second-order valence-electron chi connectivity index (χ2n) is 9.24. The average molecular weight is 422 g/mol. The van der Waals surface area contributed by atoms with Crippen LogP contribution >= 0.6 is 0 Å². The molecule has 2 fully saturated rings. The Balaban J connectivity index is 1.30. The molecule has 2 aromatic carbocycles. The molecular formula is C26H35N3O2. The van der Waals surface area contributed by atoms with E-state index in [1.807, 2.05) is 18.2 Å². The lowest BCUT2D eigenvalue weighted by Crippen LogP contribution is -2.52. The fraction of sp³-hybridized carbons (Fsp3) is 0.500. The van der Waals surface area contributed by atoms with Crippen LogP contribution in [0.3, 0.4) is 0 Å². The fourth-order valence-electron chi connectivity index (χ4n) is 5.54. The number of hydrogen-bond acceptors (Lipinski definition) is 3. The third-order valence-electron chi connectivity index (χ3n) is 7.29. The lowest BCUT2D eigenvalue weighted by molar-refractivity contribution is 0.0967. The Hall–Kier alpha value is -2.53. The first kappa shape index (κ1) is 21.7. The molecular weight excluding hydrogens is 386 g/mol. The minimum Gasteiger partial charge on any atom is -0.497 e. The molecule has 0 aromatic heterocycles. The van der Waals surface area contributed by atoms with Crippen LogP contribution in [0.25, 0.3) is 0 Å². The van der Waals surface area contributed by atoms with Crippen molar-refractivity contribution in [3.8, 4) is 5.75 Å². The molecule has 1 saturated carbocycles. The Labute approximate surface area is 186 Å². The summed E-state index contributed by atoms with van der Waals surface area (Å²) in [6.07, 6.45) is 6.42. The van der Waals surface area contributed by atoms with Gasteiger partial charge in [0, 0.05) is 18.6 Å². The van der Waals surface area contributed by atoms with Gasteiger partial charge in [0.2, 0.25) is 0 Å². The lowest BCUT2D eigenvalue weighted by atomic mass is 9.66. The van der Waals surface area contributed by atoms with Crippen LogP contribution in [-0.4, -0.2) is 50.3 Å². The van der Waals surface area contributed by atoms with Crippen LogP contribution in [-0.2, 0) is 12.8 Å². The summed E-state index contributed by atoms with van der Waals surface area (Å²) in [6, 6.07) is 19.5. The number of nitrogens with zero attached hydrogens (tertiary/aromatic N) is 1. The van der Waals surface area contributed by atoms with E-state index >= 15 is 0 Å². The molecule has 1 heterocycles. The number of carbonyl (C=O) groups excluding carboxylic acids is 1. The van der Waals surface area contributed by atoms with Gasteiger partial charge in [-0.25, -0.2) is 4.79 Å². The highest BCUT2D eigenvalue weighted by Gasteiger charge is 2.49. The second-order valence-corrected chi connectivity index (χ2v) is 9.24. The van der Waals surface area contributed by atoms with E-state index in [-0.39, 0.29) is 12.1 Å². The number of hydrogen-bond donors (Lipinski definition) is 2. The number of carbonyl (C=O) groups is 1. The Morgan fingerprint density at radius 3 is 2.61 bits per heavy atom. The van der Waals surface area contributed by atoms with Crippen LogP contribution in [0.4, 0.5) is 4.79 Å². The van der Waals surface area contributed by atoms with Gasteiger partial charge in [-0.05, 0) is 80.8 Å². The number of nitrogens with one attached hydrogen (secondary N) is 2. The topological polar surface area (TPSA) is 53.6 Å². The largest absolute Gasteiger partial charge is 0.497 e. The third-order valence-corrected chi connectivity index (χ3v) is 7.29. The number of ether oxygens (including phenoxy) is 1. The van der Waals surface area contributed by atoms with Crippen molar-refractivity contribution in [3.63, 3.8) is 0 Å². The third kappa shape index (κ3) is 5.21. The highest BCUT2D eigenvalue weighted by Crippen LogP contribution is 2.48. The summed E-state index contributed by atoms with van der Waals surface area (Å²) in [7, 11) is 3.95. The summed E-state index contributed by atoms with van der Waals surface area (Å²) >= 11 is 0. The predicted molar refractivity (Wildman–Crippen MR) is 124 cm³/mol. The molecule has 0 radical (unpaired) electrons. The Morgan fingerprint density at radius 2 is 1.87 bits per heavy atom. The summed E-state index contributed by atoms with van der Waals surface area (Å²) in [5, 5.41) is 6.28. The number of urea groups is 1. The number of methoxy groups -OCH3 is 1. The Morgan fingerprint density at radius 1 is 1.10 bits per heavy atom. The summed E-state index contributed by atoms with van der Waals surface area (Å²) in [4.78, 5) is 15.0. The zero-order valence-electron chi connectivity index (χ0n) is 18.8. The maximum absolute atomic E-state index is 12.5. The normalized spacial score (nSPS) is 25.6. The van der Waals surface area contributed by atoms with E-state index in [0.717, 1.165) is 44.4 Å². The molecule has 4 rings (SSSR count). The van der Waals surface area contributed by atoms with E-state index in [2.05, 4.69) is 59.0 Å². The van der Waals surface area contributed by atoms with Gasteiger partial charge in [0.15, 0.2) is 0 Å². The first-order valence-corrected chi connectivity index (χ1v) is 11.5. The molecule has 2 aliphatic rings. The second kappa shape index (κ2) is 9.73. The van der Waals surface area contributed by atoms with Gasteiger partial charge in [-0.3, -0.25) is 0 Å². The van der Waals surface area contributed by atoms with Crippen LogP contribution in [0.2, 0.25) is 0 Å². The van der Waals surface area contributed by atoms with Crippen molar-refractivity contribution in [2.75, 3.05) is 27.2 Å². The molecule has 1 saturated heterocycles. The van der Waals surface area contributed by atoms with Gasteiger partial charge in [-0.2, -0.15) is 0 Å². The molecule has 1 aliphatic carbocycles. The minimum absolute atomic E-state index is 0.0377. The van der Waals surface area contributed by atoms with Crippen molar-refractivity contribution in [3.05, 3.63) is 65.7 Å². The standard InChI is InChI=1S/C26H35N3O2/c1-29-17-15-26(19-21-8-10-23(31-2)11-9-21)14-12-22(18-24(26)29)28-25(30)27-16-13-20-6-4-3-5-7-20/h3-11,22,24H,12-19H2,1-2H3,(H2,27,28,30)/t22-,24-,26-/m0/s1. The fourth-order valence-corrected chi connectivity index (χ4v) is 5.54. The summed E-state index contributed by atoms with van der Waals surface area (Å²) in [5.41, 5.74) is 2.94. The molecule has 2 N–H and O–H groups in total. The maximum Gasteiger partial charge on any atom is 0.315 e. The molecule has 166 valence electrons.